The first kappa shape index (κ1) is 20.4. The molecule has 7 heteroatoms. The van der Waals surface area contributed by atoms with E-state index in [0.717, 1.165) is 40.8 Å². The lowest BCUT2D eigenvalue weighted by atomic mass is 10.0. The van der Waals surface area contributed by atoms with Crippen molar-refractivity contribution in [3.05, 3.63) is 65.5 Å². The largest absolute Gasteiger partial charge is 0.496 e. The van der Waals surface area contributed by atoms with E-state index in [4.69, 9.17) is 9.73 Å². The molecule has 0 bridgehead atoms. The number of nitrogens with one attached hydrogen (secondary N) is 3. The highest BCUT2D eigenvalue weighted by Gasteiger charge is 2.13. The second kappa shape index (κ2) is 9.73. The van der Waals surface area contributed by atoms with Gasteiger partial charge in [0, 0.05) is 17.7 Å². The lowest BCUT2D eigenvalue weighted by molar-refractivity contribution is 0.405. The molecule has 0 aliphatic heterocycles. The van der Waals surface area contributed by atoms with Crippen molar-refractivity contribution in [3.8, 4) is 17.1 Å². The van der Waals surface area contributed by atoms with Gasteiger partial charge in [0.05, 0.1) is 19.7 Å². The minimum absolute atomic E-state index is 0.0446. The fraction of sp³-hybridized carbons (Fsp3) is 0.318. The van der Waals surface area contributed by atoms with Crippen LogP contribution in [-0.2, 0) is 6.54 Å². The van der Waals surface area contributed by atoms with E-state index in [-0.39, 0.29) is 6.04 Å². The highest BCUT2D eigenvalue weighted by molar-refractivity contribution is 5.80. The SMILES string of the molecule is CCNC(=NCc1cccc(-c2ncn[nH]2)c1)NC(C)c1cc(C)ccc1OC. The summed E-state index contributed by atoms with van der Waals surface area (Å²) in [6.07, 6.45) is 1.51. The lowest BCUT2D eigenvalue weighted by Crippen LogP contribution is -2.38. The molecule has 0 saturated heterocycles. The molecule has 152 valence electrons. The molecule has 0 radical (unpaired) electrons. The molecule has 1 atom stereocenters. The summed E-state index contributed by atoms with van der Waals surface area (Å²) in [7, 11) is 1.70. The van der Waals surface area contributed by atoms with Crippen molar-refractivity contribution in [2.75, 3.05) is 13.7 Å². The van der Waals surface area contributed by atoms with Gasteiger partial charge in [0.25, 0.3) is 0 Å². The zero-order valence-corrected chi connectivity index (χ0v) is 17.4. The smallest absolute Gasteiger partial charge is 0.192 e. The van der Waals surface area contributed by atoms with Crippen LogP contribution in [0.4, 0.5) is 0 Å². The van der Waals surface area contributed by atoms with Gasteiger partial charge in [-0.05, 0) is 38.5 Å². The average molecular weight is 393 g/mol. The Bertz CT molecular complexity index is 952. The molecule has 7 nitrogen and oxygen atoms in total. The first-order valence-corrected chi connectivity index (χ1v) is 9.74. The summed E-state index contributed by atoms with van der Waals surface area (Å²) in [6.45, 7) is 7.57. The predicted octanol–water partition coefficient (Wildman–Crippen LogP) is 3.61. The minimum Gasteiger partial charge on any atom is -0.496 e. The standard InChI is InChI=1S/C22H28N6O/c1-5-23-22(27-16(3)19-11-15(2)9-10-20(19)29-4)24-13-17-7-6-8-18(12-17)21-25-14-26-28-21/h6-12,14,16H,5,13H2,1-4H3,(H2,23,24,27)(H,25,26,28). The molecule has 29 heavy (non-hydrogen) atoms. The van der Waals surface area contributed by atoms with Crippen LogP contribution in [0.25, 0.3) is 11.4 Å². The van der Waals surface area contributed by atoms with Gasteiger partial charge in [0.2, 0.25) is 0 Å². The van der Waals surface area contributed by atoms with Gasteiger partial charge in [-0.2, -0.15) is 5.10 Å². The highest BCUT2D eigenvalue weighted by Crippen LogP contribution is 2.26. The number of methoxy groups -OCH3 is 1. The molecular formula is C22H28N6O. The molecule has 0 fully saturated rings. The molecule has 0 aliphatic carbocycles. The Hall–Kier alpha value is -3.35. The summed E-state index contributed by atoms with van der Waals surface area (Å²) in [6, 6.07) is 14.4. The molecule has 1 aromatic heterocycles. The monoisotopic (exact) mass is 392 g/mol. The molecule has 3 N–H and O–H groups in total. The Balaban J connectivity index is 1.75. The van der Waals surface area contributed by atoms with Gasteiger partial charge in [-0.3, -0.25) is 5.10 Å². The summed E-state index contributed by atoms with van der Waals surface area (Å²) in [5, 5.41) is 13.6. The van der Waals surface area contributed by atoms with E-state index in [9.17, 15) is 0 Å². The van der Waals surface area contributed by atoms with Crippen LogP contribution < -0.4 is 15.4 Å². The number of aliphatic imine (C=N–C) groups is 1. The fourth-order valence-electron chi connectivity index (χ4n) is 3.13. The van der Waals surface area contributed by atoms with Crippen molar-refractivity contribution in [2.24, 2.45) is 4.99 Å². The summed E-state index contributed by atoms with van der Waals surface area (Å²) in [5.41, 5.74) is 4.38. The lowest BCUT2D eigenvalue weighted by Gasteiger charge is -2.20. The first-order valence-electron chi connectivity index (χ1n) is 9.74. The Morgan fingerprint density at radius 2 is 2.10 bits per heavy atom. The van der Waals surface area contributed by atoms with E-state index < -0.39 is 0 Å². The molecule has 1 heterocycles. The Morgan fingerprint density at radius 3 is 2.83 bits per heavy atom. The van der Waals surface area contributed by atoms with E-state index in [2.05, 4.69) is 70.9 Å². The summed E-state index contributed by atoms with van der Waals surface area (Å²) >= 11 is 0. The molecule has 3 aromatic rings. The van der Waals surface area contributed by atoms with E-state index >= 15 is 0 Å². The van der Waals surface area contributed by atoms with Crippen molar-refractivity contribution >= 4 is 5.96 Å². The third-order valence-electron chi connectivity index (χ3n) is 4.58. The Labute approximate surface area is 171 Å². The van der Waals surface area contributed by atoms with Gasteiger partial charge in [-0.1, -0.05) is 35.9 Å². The third kappa shape index (κ3) is 5.34. The number of ether oxygens (including phenoxy) is 1. The normalized spacial score (nSPS) is 12.5. The molecular weight excluding hydrogens is 364 g/mol. The van der Waals surface area contributed by atoms with Crippen LogP contribution in [0.3, 0.4) is 0 Å². The fourth-order valence-corrected chi connectivity index (χ4v) is 3.13. The van der Waals surface area contributed by atoms with Crippen molar-refractivity contribution < 1.29 is 4.74 Å². The summed E-state index contributed by atoms with van der Waals surface area (Å²) in [5.74, 6) is 2.38. The maximum absolute atomic E-state index is 5.53. The topological polar surface area (TPSA) is 87.2 Å². The molecule has 0 saturated carbocycles. The zero-order chi connectivity index (χ0) is 20.6. The van der Waals surface area contributed by atoms with Gasteiger partial charge in [-0.15, -0.1) is 0 Å². The number of aryl methyl sites for hydroxylation is 1. The quantitative estimate of drug-likeness (QED) is 0.422. The van der Waals surface area contributed by atoms with Crippen molar-refractivity contribution in [3.63, 3.8) is 0 Å². The number of hydrogen-bond donors (Lipinski definition) is 3. The van der Waals surface area contributed by atoms with Crippen molar-refractivity contribution in [1.82, 2.24) is 25.8 Å². The number of aromatic amines is 1. The van der Waals surface area contributed by atoms with Crippen LogP contribution in [-0.4, -0.2) is 34.8 Å². The summed E-state index contributed by atoms with van der Waals surface area (Å²) < 4.78 is 5.53. The average Bonchev–Trinajstić information content (AvgIpc) is 3.27. The molecule has 3 rings (SSSR count). The second-order valence-corrected chi connectivity index (χ2v) is 6.84. The molecule has 2 aromatic carbocycles. The van der Waals surface area contributed by atoms with Gasteiger partial charge < -0.3 is 15.4 Å². The van der Waals surface area contributed by atoms with Crippen molar-refractivity contribution in [1.29, 1.82) is 0 Å². The van der Waals surface area contributed by atoms with Gasteiger partial charge in [-0.25, -0.2) is 9.98 Å². The Morgan fingerprint density at radius 1 is 1.24 bits per heavy atom. The third-order valence-corrected chi connectivity index (χ3v) is 4.58. The van der Waals surface area contributed by atoms with Crippen LogP contribution in [0.15, 0.2) is 53.8 Å². The number of guanidine groups is 1. The zero-order valence-electron chi connectivity index (χ0n) is 17.4. The minimum atomic E-state index is 0.0446. The highest BCUT2D eigenvalue weighted by atomic mass is 16.5. The first-order chi connectivity index (χ1) is 14.1. The van der Waals surface area contributed by atoms with Gasteiger partial charge in [0.15, 0.2) is 11.8 Å². The maximum Gasteiger partial charge on any atom is 0.192 e. The number of rotatable bonds is 7. The molecule has 0 aliphatic rings. The van der Waals surface area contributed by atoms with Crippen LogP contribution in [0, 0.1) is 6.92 Å². The summed E-state index contributed by atoms with van der Waals surface area (Å²) in [4.78, 5) is 8.97. The molecule has 0 spiro atoms. The molecule has 1 unspecified atom stereocenters. The number of hydrogen-bond acceptors (Lipinski definition) is 4. The Kier molecular flexibility index (Phi) is 6.84. The molecule has 0 amide bonds. The predicted molar refractivity (Wildman–Crippen MR) is 116 cm³/mol. The van der Waals surface area contributed by atoms with Crippen molar-refractivity contribution in [2.45, 2.75) is 33.4 Å². The van der Waals surface area contributed by atoms with Crippen LogP contribution >= 0.6 is 0 Å². The van der Waals surface area contributed by atoms with Gasteiger partial charge >= 0.3 is 0 Å². The van der Waals surface area contributed by atoms with E-state index in [0.29, 0.717) is 6.54 Å². The number of aromatic nitrogens is 3. The van der Waals surface area contributed by atoms with E-state index in [1.807, 2.05) is 18.2 Å². The van der Waals surface area contributed by atoms with E-state index in [1.165, 1.54) is 11.9 Å². The van der Waals surface area contributed by atoms with Gasteiger partial charge in [0.1, 0.15) is 12.1 Å². The van der Waals surface area contributed by atoms with Crippen LogP contribution in [0.5, 0.6) is 5.75 Å². The second-order valence-electron chi connectivity index (χ2n) is 6.84. The number of nitrogens with zero attached hydrogens (tertiary/aromatic N) is 3. The van der Waals surface area contributed by atoms with Crippen LogP contribution in [0.1, 0.15) is 36.6 Å². The van der Waals surface area contributed by atoms with Crippen LogP contribution in [0.2, 0.25) is 0 Å². The maximum atomic E-state index is 5.53. The van der Waals surface area contributed by atoms with E-state index in [1.54, 1.807) is 7.11 Å². The number of benzene rings is 2. The number of H-pyrrole nitrogens is 1.